The van der Waals surface area contributed by atoms with Crippen molar-refractivity contribution in [2.24, 2.45) is 0 Å². The van der Waals surface area contributed by atoms with Crippen LogP contribution in [0.1, 0.15) is 48.0 Å². The highest BCUT2D eigenvalue weighted by Crippen LogP contribution is 2.36. The standard InChI is InChI=1S/C22H20F3N3O3/c23-22(24,25)16-7-3-2-6-15(16)17-9-8-14(12-26-17)18(29)13-28-19(30)21(27-20(28)31)10-4-1-5-11-21/h2-3,6-9,12H,1,4-5,10-11,13H2,(H,27,31). The predicted molar refractivity (Wildman–Crippen MR) is 105 cm³/mol. The molecule has 2 aromatic rings. The maximum absolute atomic E-state index is 13.2. The second-order valence-electron chi connectivity index (χ2n) is 7.86. The molecule has 1 N–H and O–H groups in total. The molecule has 1 saturated heterocycles. The lowest BCUT2D eigenvalue weighted by Gasteiger charge is -2.30. The number of nitrogens with one attached hydrogen (secondary N) is 1. The zero-order valence-electron chi connectivity index (χ0n) is 16.5. The van der Waals surface area contributed by atoms with Crippen LogP contribution in [0.2, 0.25) is 0 Å². The molecule has 9 heteroatoms. The summed E-state index contributed by atoms with van der Waals surface area (Å²) in [4.78, 5) is 42.7. The van der Waals surface area contributed by atoms with Gasteiger partial charge in [-0.2, -0.15) is 13.2 Å². The Hall–Kier alpha value is -3.23. The van der Waals surface area contributed by atoms with Crippen molar-refractivity contribution in [3.8, 4) is 11.3 Å². The van der Waals surface area contributed by atoms with Gasteiger partial charge < -0.3 is 5.32 Å². The van der Waals surface area contributed by atoms with Crippen molar-refractivity contribution in [3.05, 3.63) is 53.7 Å². The quantitative estimate of drug-likeness (QED) is 0.581. The average molecular weight is 431 g/mol. The minimum Gasteiger partial charge on any atom is -0.323 e. The molecule has 1 spiro atoms. The summed E-state index contributed by atoms with van der Waals surface area (Å²) in [5, 5.41) is 2.74. The Morgan fingerprint density at radius 1 is 1.06 bits per heavy atom. The molecule has 2 fully saturated rings. The molecule has 6 nitrogen and oxygen atoms in total. The molecule has 4 rings (SSSR count). The average Bonchev–Trinajstić information content (AvgIpc) is 2.97. The van der Waals surface area contributed by atoms with Gasteiger partial charge in [-0.15, -0.1) is 0 Å². The highest BCUT2D eigenvalue weighted by molar-refractivity contribution is 6.11. The van der Waals surface area contributed by atoms with E-state index in [1.165, 1.54) is 36.5 Å². The zero-order valence-corrected chi connectivity index (χ0v) is 16.5. The van der Waals surface area contributed by atoms with Crippen LogP contribution in [0.5, 0.6) is 0 Å². The SMILES string of the molecule is O=C(CN1C(=O)NC2(CCCCC2)C1=O)c1ccc(-c2ccccc2C(F)(F)F)nc1. The van der Waals surface area contributed by atoms with Crippen molar-refractivity contribution in [2.75, 3.05) is 6.54 Å². The molecule has 1 aliphatic carbocycles. The smallest absolute Gasteiger partial charge is 0.323 e. The third-order valence-electron chi connectivity index (χ3n) is 5.85. The summed E-state index contributed by atoms with van der Waals surface area (Å²) in [6.07, 6.45) is 0.399. The lowest BCUT2D eigenvalue weighted by atomic mass is 9.82. The van der Waals surface area contributed by atoms with Crippen LogP contribution >= 0.6 is 0 Å². The number of carbonyl (C=O) groups is 3. The maximum atomic E-state index is 13.2. The van der Waals surface area contributed by atoms with E-state index in [0.29, 0.717) is 12.8 Å². The summed E-state index contributed by atoms with van der Waals surface area (Å²) < 4.78 is 39.7. The summed E-state index contributed by atoms with van der Waals surface area (Å²) in [5.74, 6) is -0.909. The van der Waals surface area contributed by atoms with E-state index in [0.717, 1.165) is 30.2 Å². The van der Waals surface area contributed by atoms with Gasteiger partial charge in [-0.25, -0.2) is 4.79 Å². The fraction of sp³-hybridized carbons (Fsp3) is 0.364. The topological polar surface area (TPSA) is 79.4 Å². The number of nitrogens with zero attached hydrogens (tertiary/aromatic N) is 2. The molecule has 0 bridgehead atoms. The molecule has 0 radical (unpaired) electrons. The van der Waals surface area contributed by atoms with Crippen LogP contribution in [0.15, 0.2) is 42.6 Å². The molecule has 1 saturated carbocycles. The number of alkyl halides is 3. The van der Waals surface area contributed by atoms with Gasteiger partial charge in [-0.3, -0.25) is 19.5 Å². The molecule has 1 aliphatic heterocycles. The Kier molecular flexibility index (Phi) is 5.28. The van der Waals surface area contributed by atoms with Crippen LogP contribution in [-0.4, -0.2) is 39.7 Å². The number of halogens is 3. The fourth-order valence-corrected chi connectivity index (χ4v) is 4.22. The van der Waals surface area contributed by atoms with Gasteiger partial charge >= 0.3 is 12.2 Å². The first kappa shape index (κ1) is 21.0. The monoisotopic (exact) mass is 431 g/mol. The first-order valence-electron chi connectivity index (χ1n) is 10.0. The highest BCUT2D eigenvalue weighted by atomic mass is 19.4. The van der Waals surface area contributed by atoms with E-state index in [-0.39, 0.29) is 16.8 Å². The number of amides is 3. The molecule has 3 amide bonds. The van der Waals surface area contributed by atoms with Gasteiger partial charge in [0.2, 0.25) is 0 Å². The number of carbonyl (C=O) groups excluding carboxylic acids is 3. The number of Topliss-reactive ketones (excluding diaryl/α,β-unsaturated/α-hetero) is 1. The minimum absolute atomic E-state index is 0.0700. The van der Waals surface area contributed by atoms with Crippen molar-refractivity contribution in [1.82, 2.24) is 15.2 Å². The number of pyridine rings is 1. The van der Waals surface area contributed by atoms with Gasteiger partial charge in [0.1, 0.15) is 5.54 Å². The number of urea groups is 1. The van der Waals surface area contributed by atoms with Gasteiger partial charge in [0.05, 0.1) is 17.8 Å². The Labute approximate surface area is 176 Å². The second kappa shape index (κ2) is 7.79. The van der Waals surface area contributed by atoms with E-state index in [1.54, 1.807) is 0 Å². The largest absolute Gasteiger partial charge is 0.417 e. The van der Waals surface area contributed by atoms with Crippen LogP contribution in [0, 0.1) is 0 Å². The zero-order chi connectivity index (χ0) is 22.2. The lowest BCUT2D eigenvalue weighted by molar-refractivity contribution is -0.137. The van der Waals surface area contributed by atoms with Crippen LogP contribution in [0.25, 0.3) is 11.3 Å². The molecule has 1 aromatic carbocycles. The Balaban J connectivity index is 1.51. The number of benzene rings is 1. The number of aromatic nitrogens is 1. The van der Waals surface area contributed by atoms with E-state index in [1.807, 2.05) is 0 Å². The van der Waals surface area contributed by atoms with E-state index >= 15 is 0 Å². The van der Waals surface area contributed by atoms with Crippen molar-refractivity contribution in [3.63, 3.8) is 0 Å². The van der Waals surface area contributed by atoms with Crippen LogP contribution in [0.3, 0.4) is 0 Å². The number of hydrogen-bond acceptors (Lipinski definition) is 4. The van der Waals surface area contributed by atoms with E-state index < -0.39 is 41.5 Å². The third-order valence-corrected chi connectivity index (χ3v) is 5.85. The number of hydrogen-bond donors (Lipinski definition) is 1. The molecular formula is C22H20F3N3O3. The molecule has 162 valence electrons. The number of ketones is 1. The lowest BCUT2D eigenvalue weighted by Crippen LogP contribution is -2.48. The van der Waals surface area contributed by atoms with Crippen molar-refractivity contribution in [1.29, 1.82) is 0 Å². The molecule has 0 atom stereocenters. The summed E-state index contributed by atoms with van der Waals surface area (Å²) in [6, 6.07) is 7.13. The molecule has 31 heavy (non-hydrogen) atoms. The van der Waals surface area contributed by atoms with Gasteiger partial charge in [0.15, 0.2) is 5.78 Å². The van der Waals surface area contributed by atoms with E-state index in [9.17, 15) is 27.6 Å². The fourth-order valence-electron chi connectivity index (χ4n) is 4.22. The Morgan fingerprint density at radius 2 is 1.77 bits per heavy atom. The Bertz CT molecular complexity index is 1030. The summed E-state index contributed by atoms with van der Waals surface area (Å²) in [7, 11) is 0. The van der Waals surface area contributed by atoms with Crippen LogP contribution < -0.4 is 5.32 Å². The Morgan fingerprint density at radius 3 is 2.42 bits per heavy atom. The predicted octanol–water partition coefficient (Wildman–Crippen LogP) is 4.20. The number of rotatable bonds is 4. The van der Waals surface area contributed by atoms with Crippen molar-refractivity contribution in [2.45, 2.75) is 43.8 Å². The normalized spacial score (nSPS) is 18.4. The van der Waals surface area contributed by atoms with E-state index in [2.05, 4.69) is 10.3 Å². The highest BCUT2D eigenvalue weighted by Gasteiger charge is 2.51. The van der Waals surface area contributed by atoms with Gasteiger partial charge in [0, 0.05) is 17.3 Å². The summed E-state index contributed by atoms with van der Waals surface area (Å²) >= 11 is 0. The molecule has 0 unspecified atom stereocenters. The van der Waals surface area contributed by atoms with Crippen LogP contribution in [0.4, 0.5) is 18.0 Å². The van der Waals surface area contributed by atoms with Crippen molar-refractivity contribution < 1.29 is 27.6 Å². The first-order chi connectivity index (χ1) is 14.7. The summed E-state index contributed by atoms with van der Waals surface area (Å²) in [5.41, 5.74) is -1.65. The molecule has 1 aromatic heterocycles. The van der Waals surface area contributed by atoms with Gasteiger partial charge in [-0.1, -0.05) is 37.5 Å². The van der Waals surface area contributed by atoms with Gasteiger partial charge in [-0.05, 0) is 31.0 Å². The second-order valence-corrected chi connectivity index (χ2v) is 7.86. The van der Waals surface area contributed by atoms with Gasteiger partial charge in [0.25, 0.3) is 5.91 Å². The molecular weight excluding hydrogens is 411 g/mol. The minimum atomic E-state index is -4.54. The maximum Gasteiger partial charge on any atom is 0.417 e. The summed E-state index contributed by atoms with van der Waals surface area (Å²) in [6.45, 7) is -0.438. The first-order valence-corrected chi connectivity index (χ1v) is 10.0. The molecule has 2 aliphatic rings. The number of imide groups is 1. The van der Waals surface area contributed by atoms with Crippen molar-refractivity contribution >= 4 is 17.7 Å². The molecule has 2 heterocycles. The van der Waals surface area contributed by atoms with E-state index in [4.69, 9.17) is 0 Å². The third kappa shape index (κ3) is 3.92. The van der Waals surface area contributed by atoms with Crippen LogP contribution in [-0.2, 0) is 11.0 Å².